The Labute approximate surface area is 201 Å². The van der Waals surface area contributed by atoms with Crippen LogP contribution in [0.5, 0.6) is 0 Å². The van der Waals surface area contributed by atoms with Crippen molar-refractivity contribution in [3.63, 3.8) is 0 Å². The Kier molecular flexibility index (Phi) is 5.98. The molecule has 3 aliphatic rings. The van der Waals surface area contributed by atoms with Crippen LogP contribution in [0.25, 0.3) is 0 Å². The van der Waals surface area contributed by atoms with Gasteiger partial charge in [-0.05, 0) is 80.5 Å². The third-order valence-electron chi connectivity index (χ3n) is 7.48. The van der Waals surface area contributed by atoms with E-state index in [1.165, 1.54) is 0 Å². The second kappa shape index (κ2) is 8.82. The van der Waals surface area contributed by atoms with Crippen LogP contribution in [-0.4, -0.2) is 50.7 Å². The van der Waals surface area contributed by atoms with Crippen LogP contribution in [0.2, 0.25) is 0 Å². The maximum absolute atomic E-state index is 13.5. The van der Waals surface area contributed by atoms with Gasteiger partial charge >= 0.3 is 0 Å². The van der Waals surface area contributed by atoms with Crippen LogP contribution < -0.4 is 9.80 Å². The molecular formula is C26H31N3O4S. The van der Waals surface area contributed by atoms with Crippen molar-refractivity contribution < 1.29 is 18.0 Å². The minimum Gasteiger partial charge on any atom is -0.312 e. The van der Waals surface area contributed by atoms with Gasteiger partial charge in [0.15, 0.2) is 0 Å². The Morgan fingerprint density at radius 3 is 2.50 bits per heavy atom. The molecule has 2 fully saturated rings. The monoisotopic (exact) mass is 481 g/mol. The normalized spacial score (nSPS) is 21.2. The van der Waals surface area contributed by atoms with Gasteiger partial charge in [-0.15, -0.1) is 0 Å². The van der Waals surface area contributed by atoms with Gasteiger partial charge in [0.1, 0.15) is 0 Å². The number of carbonyl (C=O) groups is 2. The number of amides is 2. The number of rotatable bonds is 4. The molecule has 3 aliphatic heterocycles. The number of anilines is 2. The third-order valence-corrected chi connectivity index (χ3v) is 9.37. The topological polar surface area (TPSA) is 78.0 Å². The highest BCUT2D eigenvalue weighted by atomic mass is 32.2. The fourth-order valence-corrected chi connectivity index (χ4v) is 6.96. The lowest BCUT2D eigenvalue weighted by Gasteiger charge is -2.32. The van der Waals surface area contributed by atoms with Crippen molar-refractivity contribution in [2.24, 2.45) is 5.92 Å². The summed E-state index contributed by atoms with van der Waals surface area (Å²) in [6.07, 6.45) is 3.49. The average Bonchev–Trinajstić information content (AvgIpc) is 3.50. The highest BCUT2D eigenvalue weighted by Crippen LogP contribution is 2.35. The summed E-state index contributed by atoms with van der Waals surface area (Å²) in [6.45, 7) is 6.10. The van der Waals surface area contributed by atoms with E-state index in [0.29, 0.717) is 31.1 Å². The van der Waals surface area contributed by atoms with Gasteiger partial charge in [0.25, 0.3) is 0 Å². The Hall–Kier alpha value is -2.71. The van der Waals surface area contributed by atoms with Gasteiger partial charge in [0.05, 0.1) is 10.8 Å². The number of hydrogen-bond acceptors (Lipinski definition) is 4. The van der Waals surface area contributed by atoms with Crippen molar-refractivity contribution in [2.75, 3.05) is 36.0 Å². The lowest BCUT2D eigenvalue weighted by molar-refractivity contribution is -0.124. The summed E-state index contributed by atoms with van der Waals surface area (Å²) in [5.41, 5.74) is 4.70. The van der Waals surface area contributed by atoms with Crippen LogP contribution in [0.1, 0.15) is 42.4 Å². The van der Waals surface area contributed by atoms with Gasteiger partial charge in [-0.2, -0.15) is 4.31 Å². The summed E-state index contributed by atoms with van der Waals surface area (Å²) in [5, 5.41) is 0. The second-order valence-electron chi connectivity index (χ2n) is 9.62. The number of sulfonamides is 1. The molecule has 0 bridgehead atoms. The Balaban J connectivity index is 1.38. The zero-order valence-corrected chi connectivity index (χ0v) is 20.6. The molecule has 0 N–H and O–H groups in total. The number of benzene rings is 2. The van der Waals surface area contributed by atoms with Crippen molar-refractivity contribution in [1.82, 2.24) is 4.31 Å². The molecular weight excluding hydrogens is 450 g/mol. The number of carbonyl (C=O) groups excluding carboxylic acids is 2. The van der Waals surface area contributed by atoms with Crippen LogP contribution in [0.4, 0.5) is 11.4 Å². The van der Waals surface area contributed by atoms with E-state index in [1.54, 1.807) is 32.3 Å². The van der Waals surface area contributed by atoms with Gasteiger partial charge in [0, 0.05) is 44.0 Å². The predicted molar refractivity (Wildman–Crippen MR) is 131 cm³/mol. The molecule has 3 heterocycles. The third kappa shape index (κ3) is 3.92. The molecule has 0 radical (unpaired) electrons. The number of nitrogens with zero attached hydrogens (tertiary/aromatic N) is 3. The molecule has 5 rings (SSSR count). The van der Waals surface area contributed by atoms with E-state index >= 15 is 0 Å². The molecule has 0 aliphatic carbocycles. The lowest BCUT2D eigenvalue weighted by Crippen LogP contribution is -2.40. The van der Waals surface area contributed by atoms with E-state index in [1.807, 2.05) is 32.0 Å². The Morgan fingerprint density at radius 2 is 1.74 bits per heavy atom. The number of fused-ring (bicyclic) bond motifs is 1. The minimum atomic E-state index is -3.50. The zero-order chi connectivity index (χ0) is 24.0. The number of hydrogen-bond donors (Lipinski definition) is 0. The maximum Gasteiger partial charge on any atom is 0.243 e. The van der Waals surface area contributed by atoms with Gasteiger partial charge in [0.2, 0.25) is 21.8 Å². The molecule has 8 heteroatoms. The molecule has 2 aromatic rings. The second-order valence-corrected chi connectivity index (χ2v) is 11.6. The van der Waals surface area contributed by atoms with Gasteiger partial charge < -0.3 is 9.80 Å². The number of aryl methyl sites for hydroxylation is 2. The van der Waals surface area contributed by atoms with Crippen molar-refractivity contribution in [3.05, 3.63) is 53.1 Å². The summed E-state index contributed by atoms with van der Waals surface area (Å²) in [4.78, 5) is 30.2. The highest BCUT2D eigenvalue weighted by Gasteiger charge is 2.39. The molecule has 180 valence electrons. The summed E-state index contributed by atoms with van der Waals surface area (Å²) in [5.74, 6) is -0.500. The lowest BCUT2D eigenvalue weighted by atomic mass is 9.99. The standard InChI is InChI=1S/C26H31N3O4S/c1-18-7-5-9-23(19(18)2)29-17-21(16-25(29)30)26(31)28-14-6-8-20-15-22(10-11-24(20)28)34(32,33)27-12-3-4-13-27/h5,7,9-11,15,21H,3-4,6,8,12-14,16-17H2,1-2H3. The zero-order valence-electron chi connectivity index (χ0n) is 19.8. The summed E-state index contributed by atoms with van der Waals surface area (Å²) in [6, 6.07) is 11.0. The van der Waals surface area contributed by atoms with Crippen molar-refractivity contribution in [3.8, 4) is 0 Å². The first-order valence-corrected chi connectivity index (χ1v) is 13.5. The van der Waals surface area contributed by atoms with Crippen molar-refractivity contribution in [1.29, 1.82) is 0 Å². The molecule has 2 aromatic carbocycles. The van der Waals surface area contributed by atoms with E-state index in [-0.39, 0.29) is 18.2 Å². The van der Waals surface area contributed by atoms with Crippen LogP contribution in [0.3, 0.4) is 0 Å². The summed E-state index contributed by atoms with van der Waals surface area (Å²) < 4.78 is 27.6. The Morgan fingerprint density at radius 1 is 0.971 bits per heavy atom. The molecule has 1 atom stereocenters. The first-order valence-electron chi connectivity index (χ1n) is 12.1. The quantitative estimate of drug-likeness (QED) is 0.671. The summed E-state index contributed by atoms with van der Waals surface area (Å²) >= 11 is 0. The van der Waals surface area contributed by atoms with E-state index in [4.69, 9.17) is 0 Å². The van der Waals surface area contributed by atoms with Gasteiger partial charge in [-0.25, -0.2) is 8.42 Å². The molecule has 2 saturated heterocycles. The minimum absolute atomic E-state index is 0.0312. The van der Waals surface area contributed by atoms with Crippen LogP contribution in [0, 0.1) is 19.8 Å². The highest BCUT2D eigenvalue weighted by molar-refractivity contribution is 7.89. The fraction of sp³-hybridized carbons (Fsp3) is 0.462. The molecule has 2 amide bonds. The maximum atomic E-state index is 13.5. The molecule has 34 heavy (non-hydrogen) atoms. The van der Waals surface area contributed by atoms with E-state index in [9.17, 15) is 18.0 Å². The summed E-state index contributed by atoms with van der Waals surface area (Å²) in [7, 11) is -3.50. The molecule has 0 aromatic heterocycles. The van der Waals surface area contributed by atoms with Gasteiger partial charge in [-0.3, -0.25) is 9.59 Å². The van der Waals surface area contributed by atoms with Crippen molar-refractivity contribution >= 4 is 33.2 Å². The molecule has 0 spiro atoms. The largest absolute Gasteiger partial charge is 0.312 e. The molecule has 7 nitrogen and oxygen atoms in total. The van der Waals surface area contributed by atoms with E-state index in [2.05, 4.69) is 0 Å². The van der Waals surface area contributed by atoms with Crippen LogP contribution in [0.15, 0.2) is 41.3 Å². The van der Waals surface area contributed by atoms with Gasteiger partial charge in [-0.1, -0.05) is 12.1 Å². The first kappa shape index (κ1) is 23.1. The fourth-order valence-electron chi connectivity index (χ4n) is 5.39. The van der Waals surface area contributed by atoms with E-state index < -0.39 is 15.9 Å². The first-order chi connectivity index (χ1) is 16.3. The van der Waals surface area contributed by atoms with Crippen LogP contribution in [-0.2, 0) is 26.0 Å². The molecule has 0 saturated carbocycles. The van der Waals surface area contributed by atoms with Crippen LogP contribution >= 0.6 is 0 Å². The van der Waals surface area contributed by atoms with E-state index in [0.717, 1.165) is 53.7 Å². The Bertz CT molecular complexity index is 1250. The van der Waals surface area contributed by atoms with Crippen molar-refractivity contribution in [2.45, 2.75) is 50.8 Å². The average molecular weight is 482 g/mol. The SMILES string of the molecule is Cc1cccc(N2CC(C(=O)N3CCCc4cc(S(=O)(=O)N5CCCC5)ccc43)CC2=O)c1C. The predicted octanol–water partition coefficient (Wildman–Crippen LogP) is 3.42. The smallest absolute Gasteiger partial charge is 0.243 e. The molecule has 1 unspecified atom stereocenters.